The van der Waals surface area contributed by atoms with Gasteiger partial charge >= 0.3 is 0 Å². The molecule has 1 aromatic rings. The van der Waals surface area contributed by atoms with E-state index in [4.69, 9.17) is 15.4 Å². The van der Waals surface area contributed by atoms with Crippen LogP contribution in [0.1, 0.15) is 31.9 Å². The fourth-order valence-corrected chi connectivity index (χ4v) is 4.11. The molecular weight excluding hydrogens is 326 g/mol. The second-order valence-corrected chi connectivity index (χ2v) is 8.32. The second-order valence-electron chi connectivity index (χ2n) is 5.50. The van der Waals surface area contributed by atoms with E-state index >= 15 is 0 Å². The Hall–Kier alpha value is -1.27. The molecule has 2 rings (SSSR count). The molecule has 22 heavy (non-hydrogen) atoms. The second kappa shape index (κ2) is 6.87. The van der Waals surface area contributed by atoms with E-state index in [1.807, 2.05) is 38.1 Å². The Bertz CT molecular complexity index is 647. The standard InChI is InChI=1S/C15H20ClNO4S/c1-3-21-14-6-4-5-13(8-14)11(2)17-9-12(7-15(17)18)10-22(16,19)20/h4-6,8,11-12H,3,7,9-10H2,1-2H3. The van der Waals surface area contributed by atoms with Crippen LogP contribution in [0.5, 0.6) is 5.75 Å². The lowest BCUT2D eigenvalue weighted by Gasteiger charge is -2.25. The summed E-state index contributed by atoms with van der Waals surface area (Å²) in [4.78, 5) is 13.9. The van der Waals surface area contributed by atoms with Gasteiger partial charge in [0, 0.05) is 29.6 Å². The van der Waals surface area contributed by atoms with E-state index in [0.717, 1.165) is 11.3 Å². The highest BCUT2D eigenvalue weighted by Crippen LogP contribution is 2.31. The first-order valence-corrected chi connectivity index (χ1v) is 9.72. The third kappa shape index (κ3) is 4.36. The van der Waals surface area contributed by atoms with Gasteiger partial charge in [-0.15, -0.1) is 0 Å². The number of rotatable bonds is 6. The first-order chi connectivity index (χ1) is 10.3. The smallest absolute Gasteiger partial charge is 0.232 e. The Balaban J connectivity index is 2.11. The van der Waals surface area contributed by atoms with Crippen LogP contribution in [0.2, 0.25) is 0 Å². The molecule has 1 aliphatic heterocycles. The van der Waals surface area contributed by atoms with Crippen LogP contribution in [-0.4, -0.2) is 38.1 Å². The predicted octanol–water partition coefficient (Wildman–Crippen LogP) is 2.56. The van der Waals surface area contributed by atoms with Gasteiger partial charge in [-0.2, -0.15) is 0 Å². The number of amides is 1. The molecule has 5 nitrogen and oxygen atoms in total. The van der Waals surface area contributed by atoms with Crippen molar-refractivity contribution < 1.29 is 17.9 Å². The maximum Gasteiger partial charge on any atom is 0.232 e. The number of halogens is 1. The molecule has 1 aliphatic rings. The van der Waals surface area contributed by atoms with Crippen LogP contribution >= 0.6 is 10.7 Å². The summed E-state index contributed by atoms with van der Waals surface area (Å²) in [7, 11) is 1.70. The quantitative estimate of drug-likeness (QED) is 0.743. The number of hydrogen-bond donors (Lipinski definition) is 0. The highest BCUT2D eigenvalue weighted by Gasteiger charge is 2.35. The summed E-state index contributed by atoms with van der Waals surface area (Å²) in [5.74, 6) is 0.313. The molecule has 2 atom stereocenters. The molecule has 0 N–H and O–H groups in total. The van der Waals surface area contributed by atoms with Gasteiger partial charge < -0.3 is 9.64 Å². The largest absolute Gasteiger partial charge is 0.494 e. The van der Waals surface area contributed by atoms with Crippen molar-refractivity contribution in [3.05, 3.63) is 29.8 Å². The third-order valence-electron chi connectivity index (χ3n) is 3.79. The SMILES string of the molecule is CCOc1cccc(C(C)N2CC(CS(=O)(=O)Cl)CC2=O)c1. The van der Waals surface area contributed by atoms with Crippen LogP contribution in [0.25, 0.3) is 0 Å². The minimum absolute atomic E-state index is 0.0420. The summed E-state index contributed by atoms with van der Waals surface area (Å²) < 4.78 is 27.8. The molecule has 1 amide bonds. The summed E-state index contributed by atoms with van der Waals surface area (Å²) >= 11 is 0. The molecule has 1 fully saturated rings. The van der Waals surface area contributed by atoms with Crippen LogP contribution in [0, 0.1) is 5.92 Å². The van der Waals surface area contributed by atoms with Gasteiger partial charge in [-0.25, -0.2) is 8.42 Å². The molecule has 122 valence electrons. The maximum absolute atomic E-state index is 12.2. The molecule has 1 heterocycles. The van der Waals surface area contributed by atoms with E-state index in [0.29, 0.717) is 13.2 Å². The summed E-state index contributed by atoms with van der Waals surface area (Å²) in [6.07, 6.45) is 0.224. The van der Waals surface area contributed by atoms with Crippen LogP contribution in [0.15, 0.2) is 24.3 Å². The molecule has 7 heteroatoms. The van der Waals surface area contributed by atoms with E-state index in [2.05, 4.69) is 0 Å². The number of carbonyl (C=O) groups is 1. The summed E-state index contributed by atoms with van der Waals surface area (Å²) in [6, 6.07) is 7.47. The van der Waals surface area contributed by atoms with Crippen molar-refractivity contribution in [3.8, 4) is 5.75 Å². The van der Waals surface area contributed by atoms with Crippen molar-refractivity contribution in [1.82, 2.24) is 4.90 Å². The number of ether oxygens (including phenoxy) is 1. The van der Waals surface area contributed by atoms with Crippen LogP contribution in [0.4, 0.5) is 0 Å². The molecule has 0 aliphatic carbocycles. The molecule has 1 aromatic carbocycles. The summed E-state index contributed by atoms with van der Waals surface area (Å²) in [5.41, 5.74) is 0.966. The van der Waals surface area contributed by atoms with E-state index in [9.17, 15) is 13.2 Å². The third-order valence-corrected chi connectivity index (χ3v) is 5.04. The molecule has 0 aromatic heterocycles. The highest BCUT2D eigenvalue weighted by molar-refractivity contribution is 8.13. The van der Waals surface area contributed by atoms with Crippen molar-refractivity contribution in [2.75, 3.05) is 18.9 Å². The number of likely N-dealkylation sites (tertiary alicyclic amines) is 1. The van der Waals surface area contributed by atoms with Crippen molar-refractivity contribution >= 4 is 25.6 Å². The Kier molecular flexibility index (Phi) is 5.34. The van der Waals surface area contributed by atoms with Gasteiger partial charge in [-0.05, 0) is 31.5 Å². The van der Waals surface area contributed by atoms with Gasteiger partial charge in [0.2, 0.25) is 15.0 Å². The van der Waals surface area contributed by atoms with E-state index in [1.165, 1.54) is 0 Å². The van der Waals surface area contributed by atoms with Crippen molar-refractivity contribution in [1.29, 1.82) is 0 Å². The molecule has 0 bridgehead atoms. The average Bonchev–Trinajstić information content (AvgIpc) is 2.77. The Labute approximate surface area is 135 Å². The van der Waals surface area contributed by atoms with E-state index < -0.39 is 9.05 Å². The van der Waals surface area contributed by atoms with Crippen LogP contribution in [-0.2, 0) is 13.8 Å². The number of carbonyl (C=O) groups excluding carboxylic acids is 1. The van der Waals surface area contributed by atoms with Gasteiger partial charge in [0.15, 0.2) is 0 Å². The van der Waals surface area contributed by atoms with Gasteiger partial charge in [0.05, 0.1) is 18.4 Å². The van der Waals surface area contributed by atoms with Gasteiger partial charge in [0.25, 0.3) is 0 Å². The molecule has 0 saturated carbocycles. The van der Waals surface area contributed by atoms with Gasteiger partial charge in [-0.3, -0.25) is 4.79 Å². The lowest BCUT2D eigenvalue weighted by Crippen LogP contribution is -2.29. The zero-order valence-corrected chi connectivity index (χ0v) is 14.2. The first-order valence-electron chi connectivity index (χ1n) is 7.24. The summed E-state index contributed by atoms with van der Waals surface area (Å²) in [5, 5.41) is 0. The maximum atomic E-state index is 12.2. The van der Waals surface area contributed by atoms with Gasteiger partial charge in [0.1, 0.15) is 5.75 Å². The minimum atomic E-state index is -3.59. The summed E-state index contributed by atoms with van der Waals surface area (Å²) in [6.45, 7) is 4.83. The molecule has 2 unspecified atom stereocenters. The number of nitrogens with zero attached hydrogens (tertiary/aromatic N) is 1. The molecule has 0 radical (unpaired) electrons. The normalized spacial score (nSPS) is 20.2. The molecular formula is C15H20ClNO4S. The molecule has 1 saturated heterocycles. The lowest BCUT2D eigenvalue weighted by molar-refractivity contribution is -0.129. The number of benzene rings is 1. The topological polar surface area (TPSA) is 63.7 Å². The lowest BCUT2D eigenvalue weighted by atomic mass is 10.1. The van der Waals surface area contributed by atoms with Crippen molar-refractivity contribution in [2.24, 2.45) is 5.92 Å². The average molecular weight is 346 g/mol. The monoisotopic (exact) mass is 345 g/mol. The van der Waals surface area contributed by atoms with Gasteiger partial charge in [-0.1, -0.05) is 12.1 Å². The zero-order valence-electron chi connectivity index (χ0n) is 12.7. The minimum Gasteiger partial charge on any atom is -0.494 e. The van der Waals surface area contributed by atoms with E-state index in [1.54, 1.807) is 4.90 Å². The zero-order chi connectivity index (χ0) is 16.3. The Morgan fingerprint density at radius 3 is 2.82 bits per heavy atom. The fourth-order valence-electron chi connectivity index (χ4n) is 2.79. The highest BCUT2D eigenvalue weighted by atomic mass is 35.7. The predicted molar refractivity (Wildman–Crippen MR) is 85.5 cm³/mol. The van der Waals surface area contributed by atoms with Crippen molar-refractivity contribution in [3.63, 3.8) is 0 Å². The van der Waals surface area contributed by atoms with Crippen molar-refractivity contribution in [2.45, 2.75) is 26.3 Å². The van der Waals surface area contributed by atoms with Crippen LogP contribution in [0.3, 0.4) is 0 Å². The Morgan fingerprint density at radius 2 is 2.18 bits per heavy atom. The van der Waals surface area contributed by atoms with Crippen LogP contribution < -0.4 is 4.74 Å². The first kappa shape index (κ1) is 17.1. The fraction of sp³-hybridized carbons (Fsp3) is 0.533. The van der Waals surface area contributed by atoms with E-state index in [-0.39, 0.29) is 30.0 Å². The number of hydrogen-bond acceptors (Lipinski definition) is 4. The molecule has 0 spiro atoms. The Morgan fingerprint density at radius 1 is 1.45 bits per heavy atom.